The maximum absolute atomic E-state index is 11.4. The number of amides is 1. The number of carbonyl (C=O) groups is 2. The number of methoxy groups -OCH3 is 1. The molecule has 5 nitrogen and oxygen atoms in total. The van der Waals surface area contributed by atoms with E-state index in [1.54, 1.807) is 0 Å². The Hall–Kier alpha value is -1.75. The minimum Gasteiger partial charge on any atom is -0.483 e. The highest BCUT2D eigenvalue weighted by Crippen LogP contribution is 2.23. The number of halogens is 1. The summed E-state index contributed by atoms with van der Waals surface area (Å²) in [7, 11) is 1.24. The van der Waals surface area contributed by atoms with Gasteiger partial charge in [-0.25, -0.2) is 4.79 Å². The normalized spacial score (nSPS) is 9.62. The first-order valence-corrected chi connectivity index (χ1v) is 4.71. The molecule has 1 rings (SSSR count). The van der Waals surface area contributed by atoms with Crippen LogP contribution in [-0.2, 0) is 9.53 Å². The van der Waals surface area contributed by atoms with Crippen LogP contribution in [0.25, 0.3) is 0 Å². The Morgan fingerprint density at radius 1 is 1.44 bits per heavy atom. The lowest BCUT2D eigenvalue weighted by Crippen LogP contribution is -2.21. The van der Waals surface area contributed by atoms with Gasteiger partial charge in [0.2, 0.25) is 0 Å². The zero-order chi connectivity index (χ0) is 12.1. The van der Waals surface area contributed by atoms with Crippen LogP contribution < -0.4 is 10.5 Å². The summed E-state index contributed by atoms with van der Waals surface area (Å²) in [5, 5.41) is 0.367. The molecule has 0 saturated heterocycles. The standard InChI is InChI=1S/C10H10ClNO4/c1-15-10(14)7-4-6(11)2-3-8(7)16-5-9(12)13/h2-4H,5H2,1H3,(H2,12,13). The number of rotatable bonds is 4. The monoisotopic (exact) mass is 243 g/mol. The van der Waals surface area contributed by atoms with Crippen LogP contribution in [0.5, 0.6) is 5.75 Å². The minimum absolute atomic E-state index is 0.149. The highest BCUT2D eigenvalue weighted by atomic mass is 35.5. The van der Waals surface area contributed by atoms with Crippen molar-refractivity contribution in [2.45, 2.75) is 0 Å². The zero-order valence-electron chi connectivity index (χ0n) is 8.53. The third kappa shape index (κ3) is 3.13. The molecule has 1 amide bonds. The number of hydrogen-bond donors (Lipinski definition) is 1. The van der Waals surface area contributed by atoms with Crippen molar-refractivity contribution in [1.29, 1.82) is 0 Å². The molecule has 0 aliphatic carbocycles. The van der Waals surface area contributed by atoms with E-state index in [1.807, 2.05) is 0 Å². The molecule has 0 aliphatic heterocycles. The summed E-state index contributed by atoms with van der Waals surface area (Å²) in [5.41, 5.74) is 5.07. The molecule has 0 bridgehead atoms. The van der Waals surface area contributed by atoms with Crippen LogP contribution in [0.1, 0.15) is 10.4 Å². The van der Waals surface area contributed by atoms with Crippen LogP contribution in [0.4, 0.5) is 0 Å². The van der Waals surface area contributed by atoms with Gasteiger partial charge < -0.3 is 15.2 Å². The lowest BCUT2D eigenvalue weighted by atomic mass is 10.2. The first-order chi connectivity index (χ1) is 7.54. The average molecular weight is 244 g/mol. The second-order valence-corrected chi connectivity index (χ2v) is 3.32. The van der Waals surface area contributed by atoms with E-state index >= 15 is 0 Å². The van der Waals surface area contributed by atoms with Gasteiger partial charge >= 0.3 is 5.97 Å². The van der Waals surface area contributed by atoms with Gasteiger partial charge in [0.05, 0.1) is 7.11 Å². The van der Waals surface area contributed by atoms with Crippen molar-refractivity contribution < 1.29 is 19.1 Å². The molecule has 1 aromatic carbocycles. The Balaban J connectivity index is 2.98. The number of ether oxygens (including phenoxy) is 2. The van der Waals surface area contributed by atoms with Gasteiger partial charge in [0.15, 0.2) is 6.61 Å². The Kier molecular flexibility index (Phi) is 4.13. The third-order valence-electron chi connectivity index (χ3n) is 1.72. The fourth-order valence-electron chi connectivity index (χ4n) is 1.05. The van der Waals surface area contributed by atoms with Gasteiger partial charge in [-0.15, -0.1) is 0 Å². The lowest BCUT2D eigenvalue weighted by molar-refractivity contribution is -0.119. The molecule has 0 radical (unpaired) electrons. The Morgan fingerprint density at radius 2 is 2.12 bits per heavy atom. The molecule has 0 atom stereocenters. The highest BCUT2D eigenvalue weighted by molar-refractivity contribution is 6.31. The van der Waals surface area contributed by atoms with Crippen LogP contribution in [0.15, 0.2) is 18.2 Å². The molecule has 0 spiro atoms. The number of carbonyl (C=O) groups excluding carboxylic acids is 2. The molecule has 2 N–H and O–H groups in total. The largest absolute Gasteiger partial charge is 0.483 e. The van der Waals surface area contributed by atoms with E-state index in [-0.39, 0.29) is 17.9 Å². The maximum atomic E-state index is 11.4. The summed E-state index contributed by atoms with van der Waals surface area (Å²) in [6.45, 7) is -0.314. The fourth-order valence-corrected chi connectivity index (χ4v) is 1.22. The number of benzene rings is 1. The summed E-state index contributed by atoms with van der Waals surface area (Å²) in [6.07, 6.45) is 0. The van der Waals surface area contributed by atoms with Crippen molar-refractivity contribution in [2.75, 3.05) is 13.7 Å². The minimum atomic E-state index is -0.634. The lowest BCUT2D eigenvalue weighted by Gasteiger charge is -2.08. The number of primary amides is 1. The summed E-state index contributed by atoms with van der Waals surface area (Å²) in [6, 6.07) is 4.39. The number of esters is 1. The SMILES string of the molecule is COC(=O)c1cc(Cl)ccc1OCC(N)=O. The molecule has 0 heterocycles. The molecule has 0 fully saturated rings. The van der Waals surface area contributed by atoms with Gasteiger partial charge in [0.25, 0.3) is 5.91 Å². The van der Waals surface area contributed by atoms with E-state index in [4.69, 9.17) is 22.1 Å². The van der Waals surface area contributed by atoms with Crippen LogP contribution in [0.2, 0.25) is 5.02 Å². The fraction of sp³-hybridized carbons (Fsp3) is 0.200. The van der Waals surface area contributed by atoms with Crippen molar-refractivity contribution >= 4 is 23.5 Å². The Labute approximate surface area is 97.1 Å². The zero-order valence-corrected chi connectivity index (χ0v) is 9.28. The van der Waals surface area contributed by atoms with Crippen molar-refractivity contribution in [3.05, 3.63) is 28.8 Å². The van der Waals surface area contributed by atoms with E-state index in [1.165, 1.54) is 25.3 Å². The van der Waals surface area contributed by atoms with Gasteiger partial charge in [0.1, 0.15) is 11.3 Å². The van der Waals surface area contributed by atoms with Gasteiger partial charge in [-0.3, -0.25) is 4.79 Å². The molecular formula is C10H10ClNO4. The quantitative estimate of drug-likeness (QED) is 0.800. The Morgan fingerprint density at radius 3 is 2.69 bits per heavy atom. The number of hydrogen-bond acceptors (Lipinski definition) is 4. The van der Waals surface area contributed by atoms with Gasteiger partial charge in [-0.2, -0.15) is 0 Å². The van der Waals surface area contributed by atoms with E-state index in [9.17, 15) is 9.59 Å². The molecule has 0 saturated carbocycles. The van der Waals surface area contributed by atoms with Gasteiger partial charge in [-0.05, 0) is 18.2 Å². The van der Waals surface area contributed by atoms with Crippen LogP contribution in [-0.4, -0.2) is 25.6 Å². The smallest absolute Gasteiger partial charge is 0.341 e. The summed E-state index contributed by atoms with van der Waals surface area (Å²) >= 11 is 5.73. The highest BCUT2D eigenvalue weighted by Gasteiger charge is 2.14. The molecule has 1 aromatic rings. The van der Waals surface area contributed by atoms with Crippen molar-refractivity contribution in [2.24, 2.45) is 5.73 Å². The topological polar surface area (TPSA) is 78.6 Å². The van der Waals surface area contributed by atoms with Gasteiger partial charge in [0, 0.05) is 5.02 Å². The first kappa shape index (κ1) is 12.3. The maximum Gasteiger partial charge on any atom is 0.341 e. The first-order valence-electron chi connectivity index (χ1n) is 4.33. The predicted octanol–water partition coefficient (Wildman–Crippen LogP) is 0.991. The van der Waals surface area contributed by atoms with Crippen LogP contribution in [0, 0.1) is 0 Å². The number of nitrogens with two attached hydrogens (primary N) is 1. The second kappa shape index (κ2) is 5.37. The molecule has 0 aliphatic rings. The molecule has 0 unspecified atom stereocenters. The summed E-state index contributed by atoms with van der Waals surface area (Å²) in [5.74, 6) is -1.03. The summed E-state index contributed by atoms with van der Waals surface area (Å²) in [4.78, 5) is 21.9. The Bertz CT molecular complexity index is 419. The second-order valence-electron chi connectivity index (χ2n) is 2.89. The molecule has 0 aromatic heterocycles. The summed E-state index contributed by atoms with van der Waals surface area (Å²) < 4.78 is 9.59. The average Bonchev–Trinajstić information content (AvgIpc) is 2.26. The molecule has 16 heavy (non-hydrogen) atoms. The predicted molar refractivity (Wildman–Crippen MR) is 57.5 cm³/mol. The van der Waals surface area contributed by atoms with Crippen molar-refractivity contribution in [1.82, 2.24) is 0 Å². The van der Waals surface area contributed by atoms with E-state index in [2.05, 4.69) is 4.74 Å². The van der Waals surface area contributed by atoms with E-state index < -0.39 is 11.9 Å². The molecule has 86 valence electrons. The molecule has 6 heteroatoms. The molecular weight excluding hydrogens is 234 g/mol. The van der Waals surface area contributed by atoms with E-state index in [0.717, 1.165) is 0 Å². The van der Waals surface area contributed by atoms with Crippen molar-refractivity contribution in [3.63, 3.8) is 0 Å². The van der Waals surface area contributed by atoms with Crippen molar-refractivity contribution in [3.8, 4) is 5.75 Å². The van der Waals surface area contributed by atoms with E-state index in [0.29, 0.717) is 5.02 Å². The van der Waals surface area contributed by atoms with Crippen LogP contribution in [0.3, 0.4) is 0 Å². The van der Waals surface area contributed by atoms with Gasteiger partial charge in [-0.1, -0.05) is 11.6 Å². The third-order valence-corrected chi connectivity index (χ3v) is 1.95. The van der Waals surface area contributed by atoms with Crippen LogP contribution >= 0.6 is 11.6 Å².